The molecule has 0 radical (unpaired) electrons. The molecule has 1 aliphatic heterocycles. The number of piperazine rings is 1. The summed E-state index contributed by atoms with van der Waals surface area (Å²) in [7, 11) is 0. The lowest BCUT2D eigenvalue weighted by atomic mass is 10.2. The van der Waals surface area contributed by atoms with Crippen LogP contribution < -0.4 is 10.6 Å². The van der Waals surface area contributed by atoms with Crippen molar-refractivity contribution in [2.45, 2.75) is 0 Å². The zero-order valence-electron chi connectivity index (χ0n) is 9.69. The number of hydrogen-bond donors (Lipinski definition) is 2. The number of rotatable bonds is 0. The Morgan fingerprint density at radius 1 is 1.00 bits per heavy atom. The second kappa shape index (κ2) is 6.04. The molecule has 1 fully saturated rings. The molecule has 17 heavy (non-hydrogen) atoms. The lowest BCUT2D eigenvalue weighted by molar-refractivity contribution is 0.534. The van der Waals surface area contributed by atoms with Gasteiger partial charge in [-0.05, 0) is 12.1 Å². The summed E-state index contributed by atoms with van der Waals surface area (Å²) in [5, 5.41) is 16.2. The Hall–Kier alpha value is -1.83. The van der Waals surface area contributed by atoms with E-state index in [1.165, 1.54) is 0 Å². The number of hydrogen-bond acceptors (Lipinski definition) is 3. The average molecular weight is 228 g/mol. The van der Waals surface area contributed by atoms with Gasteiger partial charge in [-0.25, -0.2) is 0 Å². The third kappa shape index (κ3) is 3.06. The lowest BCUT2D eigenvalue weighted by Crippen LogP contribution is -2.39. The molecule has 0 spiro atoms. The molecule has 1 aromatic heterocycles. The monoisotopic (exact) mass is 228 g/mol. The zero-order valence-corrected chi connectivity index (χ0v) is 9.69. The van der Waals surface area contributed by atoms with E-state index in [1.54, 1.807) is 10.8 Å². The minimum absolute atomic E-state index is 0.968. The number of para-hydroxylation sites is 1. The van der Waals surface area contributed by atoms with E-state index in [-0.39, 0.29) is 0 Å². The van der Waals surface area contributed by atoms with E-state index in [4.69, 9.17) is 5.26 Å². The van der Waals surface area contributed by atoms with Crippen LogP contribution in [0.2, 0.25) is 0 Å². The summed E-state index contributed by atoms with van der Waals surface area (Å²) in [4.78, 5) is 0. The Balaban J connectivity index is 0.000000153. The fourth-order valence-electron chi connectivity index (χ4n) is 1.77. The van der Waals surface area contributed by atoms with E-state index in [2.05, 4.69) is 16.8 Å². The van der Waals surface area contributed by atoms with Gasteiger partial charge in [0.25, 0.3) is 0 Å². The Labute approximate surface area is 101 Å². The molecule has 0 unspecified atom stereocenters. The van der Waals surface area contributed by atoms with Crippen molar-refractivity contribution in [3.63, 3.8) is 0 Å². The molecule has 3 rings (SSSR count). The highest BCUT2D eigenvalue weighted by Crippen LogP contribution is 2.13. The minimum atomic E-state index is 0.968. The van der Waals surface area contributed by atoms with Crippen LogP contribution in [-0.4, -0.2) is 30.7 Å². The number of benzene rings is 1. The highest BCUT2D eigenvalue weighted by Gasteiger charge is 1.95. The maximum atomic E-state index is 8.64. The second-order valence-corrected chi connectivity index (χ2v) is 3.84. The quantitative estimate of drug-likeness (QED) is 0.711. The van der Waals surface area contributed by atoms with Crippen LogP contribution in [0.1, 0.15) is 0 Å². The van der Waals surface area contributed by atoms with Gasteiger partial charge < -0.3 is 10.6 Å². The number of nitrogens with zero attached hydrogens (tertiary/aromatic N) is 2. The first kappa shape index (κ1) is 11.6. The molecule has 4 heteroatoms. The van der Waals surface area contributed by atoms with Crippen LogP contribution in [0.4, 0.5) is 0 Å². The van der Waals surface area contributed by atoms with Crippen LogP contribution in [-0.2, 0) is 0 Å². The van der Waals surface area contributed by atoms with Gasteiger partial charge >= 0.3 is 0 Å². The highest BCUT2D eigenvalue weighted by atomic mass is 15.0. The predicted molar refractivity (Wildman–Crippen MR) is 68.7 cm³/mol. The first-order valence-electron chi connectivity index (χ1n) is 5.79. The third-order valence-electron chi connectivity index (χ3n) is 2.66. The molecule has 1 saturated heterocycles. The predicted octanol–water partition coefficient (Wildman–Crippen LogP) is 1.15. The standard InChI is InChI=1S/C9H6N2.C4H10N2/c10-7-11-6-5-8-3-1-2-4-9(8)11;1-2-6-4-3-5-1/h1-6H;5-6H,1-4H2. The normalized spacial score (nSPS) is 14.8. The summed E-state index contributed by atoms with van der Waals surface area (Å²) >= 11 is 0. The van der Waals surface area contributed by atoms with Crippen LogP contribution in [0, 0.1) is 11.5 Å². The Bertz CT molecular complexity index is 494. The van der Waals surface area contributed by atoms with E-state index < -0.39 is 0 Å². The van der Waals surface area contributed by atoms with Gasteiger partial charge in [0.15, 0.2) is 6.19 Å². The molecule has 1 aromatic carbocycles. The maximum Gasteiger partial charge on any atom is 0.188 e. The second-order valence-electron chi connectivity index (χ2n) is 3.84. The number of nitrogens with one attached hydrogen (secondary N) is 2. The zero-order chi connectivity index (χ0) is 11.9. The van der Waals surface area contributed by atoms with E-state index in [0.717, 1.165) is 37.1 Å². The molecule has 0 atom stereocenters. The van der Waals surface area contributed by atoms with Gasteiger partial charge in [0.05, 0.1) is 5.52 Å². The van der Waals surface area contributed by atoms with E-state index in [1.807, 2.05) is 30.3 Å². The van der Waals surface area contributed by atoms with Gasteiger partial charge in [0.1, 0.15) is 0 Å². The molecule has 2 aromatic rings. The first-order valence-corrected chi connectivity index (χ1v) is 5.79. The van der Waals surface area contributed by atoms with Crippen molar-refractivity contribution in [2.75, 3.05) is 26.2 Å². The molecular formula is C13H16N4. The van der Waals surface area contributed by atoms with E-state index in [0.29, 0.717) is 0 Å². The van der Waals surface area contributed by atoms with Crippen LogP contribution in [0.15, 0.2) is 36.5 Å². The van der Waals surface area contributed by atoms with Gasteiger partial charge in [0, 0.05) is 37.8 Å². The van der Waals surface area contributed by atoms with Crippen LogP contribution in [0.3, 0.4) is 0 Å². The molecule has 2 N–H and O–H groups in total. The topological polar surface area (TPSA) is 52.8 Å². The molecular weight excluding hydrogens is 212 g/mol. The average Bonchev–Trinajstić information content (AvgIpc) is 2.84. The SMILES string of the molecule is C1CNCCN1.N#Cn1ccc2ccccc21. The van der Waals surface area contributed by atoms with Gasteiger partial charge in [0.2, 0.25) is 0 Å². The van der Waals surface area contributed by atoms with Gasteiger partial charge in [-0.2, -0.15) is 5.26 Å². The molecule has 0 saturated carbocycles. The summed E-state index contributed by atoms with van der Waals surface area (Å²) in [5.74, 6) is 0. The largest absolute Gasteiger partial charge is 0.314 e. The maximum absolute atomic E-state index is 8.64. The molecule has 2 heterocycles. The van der Waals surface area contributed by atoms with Crippen molar-refractivity contribution in [3.05, 3.63) is 36.5 Å². The van der Waals surface area contributed by atoms with Crippen molar-refractivity contribution in [1.82, 2.24) is 15.2 Å². The number of aromatic nitrogens is 1. The van der Waals surface area contributed by atoms with Crippen LogP contribution in [0.25, 0.3) is 10.9 Å². The van der Waals surface area contributed by atoms with Crippen LogP contribution >= 0.6 is 0 Å². The number of fused-ring (bicyclic) bond motifs is 1. The van der Waals surface area contributed by atoms with Crippen LogP contribution in [0.5, 0.6) is 0 Å². The molecule has 4 nitrogen and oxygen atoms in total. The molecule has 0 amide bonds. The summed E-state index contributed by atoms with van der Waals surface area (Å²) in [6, 6.07) is 9.74. The van der Waals surface area contributed by atoms with Crippen molar-refractivity contribution < 1.29 is 0 Å². The Morgan fingerprint density at radius 2 is 1.65 bits per heavy atom. The first-order chi connectivity index (χ1) is 8.42. The van der Waals surface area contributed by atoms with Crippen molar-refractivity contribution in [1.29, 1.82) is 5.26 Å². The molecule has 0 aliphatic carbocycles. The fourth-order valence-corrected chi connectivity index (χ4v) is 1.77. The van der Waals surface area contributed by atoms with E-state index in [9.17, 15) is 0 Å². The summed E-state index contributed by atoms with van der Waals surface area (Å²) in [5.41, 5.74) is 0.968. The third-order valence-corrected chi connectivity index (χ3v) is 2.66. The van der Waals surface area contributed by atoms with Crippen molar-refractivity contribution in [3.8, 4) is 6.19 Å². The minimum Gasteiger partial charge on any atom is -0.314 e. The Kier molecular flexibility index (Phi) is 4.14. The van der Waals surface area contributed by atoms with Gasteiger partial charge in [-0.1, -0.05) is 18.2 Å². The molecule has 1 aliphatic rings. The van der Waals surface area contributed by atoms with Gasteiger partial charge in [-0.15, -0.1) is 0 Å². The summed E-state index contributed by atoms with van der Waals surface area (Å²) < 4.78 is 1.55. The van der Waals surface area contributed by atoms with Crippen molar-refractivity contribution in [2.24, 2.45) is 0 Å². The summed E-state index contributed by atoms with van der Waals surface area (Å²) in [6.45, 7) is 4.56. The smallest absolute Gasteiger partial charge is 0.188 e. The fraction of sp³-hybridized carbons (Fsp3) is 0.308. The molecule has 0 bridgehead atoms. The number of nitriles is 1. The summed E-state index contributed by atoms with van der Waals surface area (Å²) in [6.07, 6.45) is 3.84. The van der Waals surface area contributed by atoms with Crippen molar-refractivity contribution >= 4 is 10.9 Å². The van der Waals surface area contributed by atoms with Gasteiger partial charge in [-0.3, -0.25) is 4.57 Å². The van der Waals surface area contributed by atoms with E-state index >= 15 is 0 Å². The Morgan fingerprint density at radius 3 is 2.24 bits per heavy atom. The highest BCUT2D eigenvalue weighted by molar-refractivity contribution is 5.80. The lowest BCUT2D eigenvalue weighted by Gasteiger charge is -2.11. The molecule has 88 valence electrons.